The number of carbonyl (C=O) groups excluding carboxylic acids is 2. The van der Waals surface area contributed by atoms with Crippen molar-refractivity contribution in [3.63, 3.8) is 0 Å². The first-order chi connectivity index (χ1) is 11.0. The summed E-state index contributed by atoms with van der Waals surface area (Å²) in [5.41, 5.74) is 0.540. The number of carbonyl (C=O) groups is 3. The van der Waals surface area contributed by atoms with Crippen LogP contribution in [0, 0.1) is 0 Å². The van der Waals surface area contributed by atoms with Gasteiger partial charge < -0.3 is 10.4 Å². The lowest BCUT2D eigenvalue weighted by Crippen LogP contribution is -2.33. The number of halogens is 1. The molecule has 2 rings (SSSR count). The van der Waals surface area contributed by atoms with E-state index in [0.29, 0.717) is 0 Å². The van der Waals surface area contributed by atoms with Crippen LogP contribution in [0.3, 0.4) is 0 Å². The molecule has 1 atom stereocenters. The molecule has 0 fully saturated rings. The average molecular weight is 320 g/mol. The van der Waals surface area contributed by atoms with Gasteiger partial charge >= 0.3 is 5.97 Å². The number of carboxylic acids is 1. The molecular formula is C16H17FN2O4. The molecule has 1 aromatic rings. The highest BCUT2D eigenvalue weighted by Crippen LogP contribution is 2.23. The molecule has 2 amide bonds. The van der Waals surface area contributed by atoms with E-state index in [1.54, 1.807) is 12.1 Å². The van der Waals surface area contributed by atoms with E-state index >= 15 is 0 Å². The Hall–Kier alpha value is -2.54. The second kappa shape index (κ2) is 7.15. The van der Waals surface area contributed by atoms with Crippen LogP contribution in [0.4, 0.5) is 4.39 Å². The highest BCUT2D eigenvalue weighted by Gasteiger charge is 2.35. The Bertz CT molecular complexity index is 637. The molecule has 0 saturated carbocycles. The fraction of sp³-hybridized carbons (Fsp3) is 0.312. The van der Waals surface area contributed by atoms with Crippen molar-refractivity contribution in [2.45, 2.75) is 18.9 Å². The van der Waals surface area contributed by atoms with E-state index in [1.165, 1.54) is 25.3 Å². The summed E-state index contributed by atoms with van der Waals surface area (Å²) in [6.07, 6.45) is 1.60. The molecule has 1 aliphatic rings. The molecule has 7 heteroatoms. The van der Waals surface area contributed by atoms with Gasteiger partial charge in [0, 0.05) is 0 Å². The normalized spacial score (nSPS) is 15.7. The summed E-state index contributed by atoms with van der Waals surface area (Å²) < 4.78 is 13.9. The van der Waals surface area contributed by atoms with Crippen molar-refractivity contribution in [3.05, 3.63) is 47.3 Å². The second-order valence-corrected chi connectivity index (χ2v) is 5.15. The molecule has 1 unspecified atom stereocenters. The van der Waals surface area contributed by atoms with E-state index in [9.17, 15) is 18.8 Å². The molecule has 0 aromatic heterocycles. The van der Waals surface area contributed by atoms with E-state index in [-0.39, 0.29) is 24.0 Å². The van der Waals surface area contributed by atoms with Crippen LogP contribution >= 0.6 is 0 Å². The van der Waals surface area contributed by atoms with Gasteiger partial charge in [-0.2, -0.15) is 0 Å². The van der Waals surface area contributed by atoms with Gasteiger partial charge in [0.05, 0.1) is 17.7 Å². The molecule has 122 valence electrons. The predicted molar refractivity (Wildman–Crippen MR) is 80.7 cm³/mol. The van der Waals surface area contributed by atoms with Gasteiger partial charge in [0.25, 0.3) is 11.8 Å². The number of nitrogens with zero attached hydrogens (tertiary/aromatic N) is 1. The summed E-state index contributed by atoms with van der Waals surface area (Å²) in [4.78, 5) is 35.8. The molecule has 2 N–H and O–H groups in total. The topological polar surface area (TPSA) is 86.7 Å². The third-order valence-electron chi connectivity index (χ3n) is 3.66. The van der Waals surface area contributed by atoms with Crippen molar-refractivity contribution in [2.75, 3.05) is 13.6 Å². The minimum Gasteiger partial charge on any atom is -0.480 e. The van der Waals surface area contributed by atoms with Crippen molar-refractivity contribution in [1.82, 2.24) is 10.2 Å². The van der Waals surface area contributed by atoms with Crippen molar-refractivity contribution < 1.29 is 23.9 Å². The summed E-state index contributed by atoms with van der Waals surface area (Å²) in [5.74, 6) is -2.69. The summed E-state index contributed by atoms with van der Waals surface area (Å²) in [5, 5.41) is 11.5. The van der Waals surface area contributed by atoms with Gasteiger partial charge in [0.1, 0.15) is 11.9 Å². The number of rotatable bonds is 7. The Labute approximate surface area is 132 Å². The molecule has 6 nitrogen and oxygen atoms in total. The van der Waals surface area contributed by atoms with Gasteiger partial charge in [-0.05, 0) is 32.0 Å². The van der Waals surface area contributed by atoms with Crippen molar-refractivity contribution in [3.8, 4) is 0 Å². The number of amides is 2. The van der Waals surface area contributed by atoms with E-state index < -0.39 is 36.2 Å². The first kappa shape index (κ1) is 16.8. The van der Waals surface area contributed by atoms with Crippen LogP contribution in [0.1, 0.15) is 33.6 Å². The number of hydrogen-bond donors (Lipinski definition) is 2. The molecule has 1 heterocycles. The summed E-state index contributed by atoms with van der Waals surface area (Å²) >= 11 is 0. The number of aliphatic carboxylic acids is 1. The van der Waals surface area contributed by atoms with Gasteiger partial charge in [-0.25, -0.2) is 4.39 Å². The van der Waals surface area contributed by atoms with Crippen LogP contribution in [0.15, 0.2) is 36.2 Å². The van der Waals surface area contributed by atoms with Gasteiger partial charge in [-0.1, -0.05) is 18.2 Å². The molecule has 1 aliphatic heterocycles. The van der Waals surface area contributed by atoms with Crippen LogP contribution in [0.25, 0.3) is 0 Å². The van der Waals surface area contributed by atoms with Crippen molar-refractivity contribution >= 4 is 17.8 Å². The lowest BCUT2D eigenvalue weighted by Gasteiger charge is -2.12. The smallest absolute Gasteiger partial charge is 0.320 e. The lowest BCUT2D eigenvalue weighted by molar-refractivity contribution is -0.139. The Kier molecular flexibility index (Phi) is 5.23. The monoisotopic (exact) mass is 320 g/mol. The number of benzene rings is 1. The van der Waals surface area contributed by atoms with Crippen LogP contribution in [0.2, 0.25) is 0 Å². The number of allylic oxidation sites excluding steroid dienone is 1. The second-order valence-electron chi connectivity index (χ2n) is 5.15. The first-order valence-corrected chi connectivity index (χ1v) is 7.15. The molecule has 0 radical (unpaired) electrons. The molecule has 23 heavy (non-hydrogen) atoms. The maximum Gasteiger partial charge on any atom is 0.320 e. The minimum atomic E-state index is -1.01. The summed E-state index contributed by atoms with van der Waals surface area (Å²) in [6.45, 7) is -0.441. The van der Waals surface area contributed by atoms with Crippen LogP contribution in [-0.2, 0) is 4.79 Å². The highest BCUT2D eigenvalue weighted by molar-refractivity contribution is 6.21. The van der Waals surface area contributed by atoms with Crippen molar-refractivity contribution in [1.29, 1.82) is 0 Å². The maximum atomic E-state index is 13.9. The predicted octanol–water partition coefficient (Wildman–Crippen LogP) is 1.59. The van der Waals surface area contributed by atoms with Gasteiger partial charge in [-0.3, -0.25) is 19.3 Å². The van der Waals surface area contributed by atoms with Crippen LogP contribution in [-0.4, -0.2) is 47.4 Å². The Morgan fingerprint density at radius 2 is 1.87 bits per heavy atom. The SMILES string of the molecule is CNC(CCC=C(F)CN1C(=O)c2ccccc2C1=O)C(=O)O. The van der Waals surface area contributed by atoms with E-state index in [1.807, 2.05) is 0 Å². The Morgan fingerprint density at radius 3 is 2.35 bits per heavy atom. The van der Waals surface area contributed by atoms with Gasteiger partial charge in [0.15, 0.2) is 0 Å². The standard InChI is InChI=1S/C16H17FN2O4/c1-18-13(16(22)23)8-4-5-10(17)9-19-14(20)11-6-2-3-7-12(11)15(19)21/h2-3,5-7,13,18H,4,8-9H2,1H3,(H,22,23). The number of carboxylic acid groups (broad SMARTS) is 1. The third-order valence-corrected chi connectivity index (χ3v) is 3.66. The van der Waals surface area contributed by atoms with E-state index in [4.69, 9.17) is 5.11 Å². The highest BCUT2D eigenvalue weighted by atomic mass is 19.1. The molecule has 1 aromatic carbocycles. The maximum absolute atomic E-state index is 13.9. The van der Waals surface area contributed by atoms with Gasteiger partial charge in [0.2, 0.25) is 0 Å². The fourth-order valence-electron chi connectivity index (χ4n) is 2.40. The summed E-state index contributed by atoms with van der Waals surface area (Å²) in [6, 6.07) is 5.58. The minimum absolute atomic E-state index is 0.187. The van der Waals surface area contributed by atoms with E-state index in [2.05, 4.69) is 5.32 Å². The Morgan fingerprint density at radius 1 is 1.30 bits per heavy atom. The lowest BCUT2D eigenvalue weighted by atomic mass is 10.1. The summed E-state index contributed by atoms with van der Waals surface area (Å²) in [7, 11) is 1.51. The average Bonchev–Trinajstić information content (AvgIpc) is 2.77. The number of likely N-dealkylation sites (N-methyl/N-ethyl adjacent to an activating group) is 1. The van der Waals surface area contributed by atoms with Gasteiger partial charge in [-0.15, -0.1) is 0 Å². The first-order valence-electron chi connectivity index (χ1n) is 7.15. The zero-order valence-electron chi connectivity index (χ0n) is 12.6. The molecule has 0 saturated heterocycles. The van der Waals surface area contributed by atoms with Crippen LogP contribution < -0.4 is 5.32 Å². The molecular weight excluding hydrogens is 303 g/mol. The quantitative estimate of drug-likeness (QED) is 0.745. The van der Waals surface area contributed by atoms with E-state index in [0.717, 1.165) is 4.90 Å². The largest absolute Gasteiger partial charge is 0.480 e. The number of hydrogen-bond acceptors (Lipinski definition) is 4. The fourth-order valence-corrected chi connectivity index (χ4v) is 2.40. The Balaban J connectivity index is 1.97. The molecule has 0 bridgehead atoms. The van der Waals surface area contributed by atoms with Crippen LogP contribution in [0.5, 0.6) is 0 Å². The number of imide groups is 1. The number of fused-ring (bicyclic) bond motifs is 1. The van der Waals surface area contributed by atoms with Crippen molar-refractivity contribution in [2.24, 2.45) is 0 Å². The third kappa shape index (κ3) is 3.62. The zero-order chi connectivity index (χ0) is 17.0. The molecule has 0 spiro atoms. The molecule has 0 aliphatic carbocycles. The number of nitrogens with one attached hydrogen (secondary N) is 1. The zero-order valence-corrected chi connectivity index (χ0v) is 12.6.